The fourth-order valence-corrected chi connectivity index (χ4v) is 2.74. The van der Waals surface area contributed by atoms with Crippen molar-refractivity contribution in [2.24, 2.45) is 11.7 Å². The van der Waals surface area contributed by atoms with Crippen molar-refractivity contribution in [3.8, 4) is 0 Å². The van der Waals surface area contributed by atoms with Crippen molar-refractivity contribution in [2.45, 2.75) is 25.7 Å². The molecule has 1 aromatic rings. The zero-order valence-electron chi connectivity index (χ0n) is 12.4. The molecule has 1 aliphatic rings. The summed E-state index contributed by atoms with van der Waals surface area (Å²) in [5, 5.41) is 2.81. The molecular weight excluding hydrogens is 348 g/mol. The van der Waals surface area contributed by atoms with Gasteiger partial charge in [-0.05, 0) is 53.9 Å². The van der Waals surface area contributed by atoms with Gasteiger partial charge in [0.05, 0.1) is 5.92 Å². The third-order valence-corrected chi connectivity index (χ3v) is 4.19. The second-order valence-electron chi connectivity index (χ2n) is 5.42. The average Bonchev–Trinajstić information content (AvgIpc) is 2.54. The maximum absolute atomic E-state index is 12.3. The third-order valence-electron chi connectivity index (χ3n) is 3.72. The number of carbonyl (C=O) groups excluding carboxylic acids is 2. The average molecular weight is 369 g/mol. The largest absolute Gasteiger partial charge is 0.342 e. The Balaban J connectivity index is 1.89. The van der Waals surface area contributed by atoms with E-state index in [0.29, 0.717) is 31.7 Å². The van der Waals surface area contributed by atoms with Crippen molar-refractivity contribution in [3.05, 3.63) is 22.8 Å². The van der Waals surface area contributed by atoms with E-state index < -0.39 is 0 Å². The molecule has 0 bridgehead atoms. The first kappa shape index (κ1) is 16.9. The van der Waals surface area contributed by atoms with Crippen LogP contribution in [0.2, 0.25) is 0 Å². The van der Waals surface area contributed by atoms with Gasteiger partial charge in [0.25, 0.3) is 0 Å². The molecule has 3 N–H and O–H groups in total. The Kier molecular flexibility index (Phi) is 6.33. The number of halogens is 1. The van der Waals surface area contributed by atoms with E-state index in [0.717, 1.165) is 23.9 Å². The fraction of sp³-hybridized carbons (Fsp3) is 0.533. The van der Waals surface area contributed by atoms with Gasteiger partial charge in [0.1, 0.15) is 5.82 Å². The van der Waals surface area contributed by atoms with Crippen molar-refractivity contribution in [2.75, 3.05) is 25.0 Å². The Morgan fingerprint density at radius 3 is 2.95 bits per heavy atom. The lowest BCUT2D eigenvalue weighted by Crippen LogP contribution is -2.43. The molecule has 0 aromatic carbocycles. The molecule has 1 aliphatic heterocycles. The van der Waals surface area contributed by atoms with Crippen LogP contribution in [0.4, 0.5) is 5.82 Å². The number of carbonyl (C=O) groups is 2. The van der Waals surface area contributed by atoms with Crippen LogP contribution in [0.3, 0.4) is 0 Å². The van der Waals surface area contributed by atoms with Gasteiger partial charge in [0.15, 0.2) is 0 Å². The highest BCUT2D eigenvalue weighted by Gasteiger charge is 2.28. The highest BCUT2D eigenvalue weighted by molar-refractivity contribution is 9.10. The normalized spacial score (nSPS) is 18.1. The lowest BCUT2D eigenvalue weighted by molar-refractivity contribution is -0.134. The highest BCUT2D eigenvalue weighted by atomic mass is 79.9. The molecule has 1 atom stereocenters. The zero-order valence-corrected chi connectivity index (χ0v) is 14.0. The van der Waals surface area contributed by atoms with Gasteiger partial charge in [0.2, 0.25) is 11.8 Å². The minimum absolute atomic E-state index is 0.0776. The summed E-state index contributed by atoms with van der Waals surface area (Å²) in [6.45, 7) is 1.72. The molecule has 7 heteroatoms. The van der Waals surface area contributed by atoms with Gasteiger partial charge < -0.3 is 16.0 Å². The Hall–Kier alpha value is -1.47. The minimum Gasteiger partial charge on any atom is -0.342 e. The molecule has 0 aliphatic carbocycles. The van der Waals surface area contributed by atoms with E-state index in [-0.39, 0.29) is 17.7 Å². The second kappa shape index (κ2) is 8.24. The van der Waals surface area contributed by atoms with Crippen LogP contribution in [0, 0.1) is 5.92 Å². The van der Waals surface area contributed by atoms with Gasteiger partial charge in [-0.25, -0.2) is 4.98 Å². The van der Waals surface area contributed by atoms with Gasteiger partial charge in [0, 0.05) is 30.2 Å². The second-order valence-corrected chi connectivity index (χ2v) is 6.34. The third kappa shape index (κ3) is 4.78. The van der Waals surface area contributed by atoms with E-state index in [1.807, 2.05) is 6.07 Å². The molecule has 2 amide bonds. The maximum atomic E-state index is 12.3. The van der Waals surface area contributed by atoms with Crippen LogP contribution in [0.15, 0.2) is 22.8 Å². The molecule has 6 nitrogen and oxygen atoms in total. The van der Waals surface area contributed by atoms with Crippen LogP contribution >= 0.6 is 15.9 Å². The van der Waals surface area contributed by atoms with E-state index in [4.69, 9.17) is 5.73 Å². The first-order valence-corrected chi connectivity index (χ1v) is 8.29. The lowest BCUT2D eigenvalue weighted by Gasteiger charge is -2.32. The number of anilines is 1. The number of rotatable bonds is 5. The molecule has 120 valence electrons. The summed E-state index contributed by atoms with van der Waals surface area (Å²) in [6.07, 6.45) is 4.43. The number of hydrogen-bond donors (Lipinski definition) is 2. The smallest absolute Gasteiger partial charge is 0.230 e. The molecule has 0 spiro atoms. The summed E-state index contributed by atoms with van der Waals surface area (Å²) in [4.78, 5) is 30.3. The van der Waals surface area contributed by atoms with E-state index in [9.17, 15) is 9.59 Å². The number of nitrogens with one attached hydrogen (secondary N) is 1. The lowest BCUT2D eigenvalue weighted by atomic mass is 9.96. The standard InChI is InChI=1S/C15H21BrN4O2/c16-12-5-6-13(18-9-12)19-15(22)11-3-2-8-20(10-11)14(21)4-1-7-17/h5-6,9,11H,1-4,7-8,10,17H2,(H,18,19,22). The molecule has 0 saturated carbocycles. The Morgan fingerprint density at radius 2 is 2.27 bits per heavy atom. The van der Waals surface area contributed by atoms with E-state index in [2.05, 4.69) is 26.2 Å². The minimum atomic E-state index is -0.180. The summed E-state index contributed by atoms with van der Waals surface area (Å²) in [6, 6.07) is 3.57. The number of aromatic nitrogens is 1. The summed E-state index contributed by atoms with van der Waals surface area (Å²) in [5.41, 5.74) is 5.43. The Labute approximate surface area is 138 Å². The quantitative estimate of drug-likeness (QED) is 0.828. The molecule has 2 rings (SSSR count). The van der Waals surface area contributed by atoms with Gasteiger partial charge >= 0.3 is 0 Å². The van der Waals surface area contributed by atoms with Crippen LogP contribution in [-0.4, -0.2) is 41.3 Å². The molecule has 1 fully saturated rings. The van der Waals surface area contributed by atoms with Crippen LogP contribution in [0.1, 0.15) is 25.7 Å². The van der Waals surface area contributed by atoms with Crippen LogP contribution < -0.4 is 11.1 Å². The summed E-state index contributed by atoms with van der Waals surface area (Å²) < 4.78 is 0.861. The first-order chi connectivity index (χ1) is 10.6. The predicted molar refractivity (Wildman–Crippen MR) is 88.2 cm³/mol. The van der Waals surface area contributed by atoms with E-state index in [1.54, 1.807) is 17.2 Å². The van der Waals surface area contributed by atoms with Gasteiger partial charge in [-0.1, -0.05) is 0 Å². The highest BCUT2D eigenvalue weighted by Crippen LogP contribution is 2.19. The fourth-order valence-electron chi connectivity index (χ4n) is 2.51. The van der Waals surface area contributed by atoms with Gasteiger partial charge in [-0.15, -0.1) is 0 Å². The maximum Gasteiger partial charge on any atom is 0.230 e. The van der Waals surface area contributed by atoms with Crippen molar-refractivity contribution in [1.29, 1.82) is 0 Å². The SMILES string of the molecule is NCCCC(=O)N1CCCC(C(=O)Nc2ccc(Br)cn2)C1. The summed E-state index contributed by atoms with van der Waals surface area (Å²) in [5.74, 6) is 0.358. The number of hydrogen-bond acceptors (Lipinski definition) is 4. The molecule has 0 radical (unpaired) electrons. The van der Waals surface area contributed by atoms with Gasteiger partial charge in [-0.2, -0.15) is 0 Å². The molecule has 22 heavy (non-hydrogen) atoms. The van der Waals surface area contributed by atoms with Crippen LogP contribution in [0.5, 0.6) is 0 Å². The van der Waals surface area contributed by atoms with Crippen molar-refractivity contribution in [1.82, 2.24) is 9.88 Å². The zero-order chi connectivity index (χ0) is 15.9. The number of nitrogens with two attached hydrogens (primary N) is 1. The molecule has 1 saturated heterocycles. The number of pyridine rings is 1. The number of piperidine rings is 1. The summed E-state index contributed by atoms with van der Waals surface area (Å²) in [7, 11) is 0. The van der Waals surface area contributed by atoms with Gasteiger partial charge in [-0.3, -0.25) is 9.59 Å². The monoisotopic (exact) mass is 368 g/mol. The Morgan fingerprint density at radius 1 is 1.45 bits per heavy atom. The molecule has 1 aromatic heterocycles. The van der Waals surface area contributed by atoms with E-state index >= 15 is 0 Å². The Bertz CT molecular complexity index is 521. The van der Waals surface area contributed by atoms with Crippen LogP contribution in [-0.2, 0) is 9.59 Å². The van der Waals surface area contributed by atoms with Crippen molar-refractivity contribution < 1.29 is 9.59 Å². The predicted octanol–water partition coefficient (Wildman–Crippen LogP) is 1.76. The van der Waals surface area contributed by atoms with Crippen LogP contribution in [0.25, 0.3) is 0 Å². The van der Waals surface area contributed by atoms with Crippen molar-refractivity contribution in [3.63, 3.8) is 0 Å². The first-order valence-electron chi connectivity index (χ1n) is 7.50. The molecule has 2 heterocycles. The topological polar surface area (TPSA) is 88.3 Å². The van der Waals surface area contributed by atoms with Crippen molar-refractivity contribution >= 4 is 33.6 Å². The number of likely N-dealkylation sites (tertiary alicyclic amines) is 1. The molecule has 1 unspecified atom stereocenters. The molecular formula is C15H21BrN4O2. The summed E-state index contributed by atoms with van der Waals surface area (Å²) >= 11 is 3.30. The number of amides is 2. The number of nitrogens with zero attached hydrogens (tertiary/aromatic N) is 2. The van der Waals surface area contributed by atoms with E-state index in [1.165, 1.54) is 0 Å².